The Morgan fingerprint density at radius 2 is 1.89 bits per heavy atom. The van der Waals surface area contributed by atoms with Crippen LogP contribution in [0.3, 0.4) is 0 Å². The molecule has 5 heteroatoms. The first kappa shape index (κ1) is 10.7. The van der Waals surface area contributed by atoms with Gasteiger partial charge in [0.1, 0.15) is 0 Å². The molecule has 92 valence electrons. The minimum absolute atomic E-state index is 0.160. The van der Waals surface area contributed by atoms with Gasteiger partial charge in [-0.25, -0.2) is 4.79 Å². The Balaban J connectivity index is 2.51. The molecule has 0 aliphatic heterocycles. The van der Waals surface area contributed by atoms with Crippen LogP contribution in [0.25, 0.3) is 21.9 Å². The van der Waals surface area contributed by atoms with Crippen LogP contribution in [0.1, 0.15) is 0 Å². The van der Waals surface area contributed by atoms with Gasteiger partial charge in [-0.2, -0.15) is 0 Å². The van der Waals surface area contributed by atoms with Crippen molar-refractivity contribution in [1.82, 2.24) is 0 Å². The van der Waals surface area contributed by atoms with Gasteiger partial charge in [0.2, 0.25) is 11.5 Å². The fraction of sp³-hybridized carbons (Fsp3) is 0.154. The first-order valence-corrected chi connectivity index (χ1v) is 5.30. The van der Waals surface area contributed by atoms with Crippen molar-refractivity contribution < 1.29 is 18.3 Å². The fourth-order valence-electron chi connectivity index (χ4n) is 1.97. The molecule has 3 rings (SSSR count). The van der Waals surface area contributed by atoms with E-state index in [2.05, 4.69) is 0 Å². The average Bonchev–Trinajstić information content (AvgIpc) is 2.83. The summed E-state index contributed by atoms with van der Waals surface area (Å²) in [7, 11) is 2.92. The number of fused-ring (bicyclic) bond motifs is 2. The van der Waals surface area contributed by atoms with Crippen LogP contribution >= 0.6 is 0 Å². The predicted octanol–water partition coefficient (Wildman–Crippen LogP) is 2.56. The zero-order chi connectivity index (χ0) is 12.7. The molecule has 0 spiro atoms. The highest BCUT2D eigenvalue weighted by Crippen LogP contribution is 2.35. The standard InChI is InChI=1S/C13H10O5/c1-15-9-6-8-5-7-3-4-17-10(7)12(16-2)11(8)18-13(9)14/h3-6H,1-2H3. The highest BCUT2D eigenvalue weighted by atomic mass is 16.5. The van der Waals surface area contributed by atoms with Crippen molar-refractivity contribution in [3.05, 3.63) is 34.9 Å². The van der Waals surface area contributed by atoms with E-state index in [-0.39, 0.29) is 5.75 Å². The summed E-state index contributed by atoms with van der Waals surface area (Å²) in [6.07, 6.45) is 1.56. The third kappa shape index (κ3) is 1.37. The second kappa shape index (κ2) is 3.80. The fourth-order valence-corrected chi connectivity index (χ4v) is 1.97. The smallest absolute Gasteiger partial charge is 0.379 e. The lowest BCUT2D eigenvalue weighted by molar-refractivity contribution is 0.376. The molecular weight excluding hydrogens is 236 g/mol. The van der Waals surface area contributed by atoms with Crippen molar-refractivity contribution in [2.24, 2.45) is 0 Å². The van der Waals surface area contributed by atoms with E-state index in [1.165, 1.54) is 14.2 Å². The van der Waals surface area contributed by atoms with E-state index in [0.717, 1.165) is 10.8 Å². The maximum Gasteiger partial charge on any atom is 0.379 e. The van der Waals surface area contributed by atoms with Gasteiger partial charge in [-0.1, -0.05) is 0 Å². The van der Waals surface area contributed by atoms with Crippen LogP contribution in [0.4, 0.5) is 0 Å². The number of benzene rings is 1. The predicted molar refractivity (Wildman–Crippen MR) is 65.4 cm³/mol. The van der Waals surface area contributed by atoms with Crippen LogP contribution in [0.2, 0.25) is 0 Å². The van der Waals surface area contributed by atoms with E-state index < -0.39 is 5.63 Å². The maximum absolute atomic E-state index is 11.6. The van der Waals surface area contributed by atoms with Crippen LogP contribution in [-0.2, 0) is 0 Å². The molecule has 0 aliphatic carbocycles. The van der Waals surface area contributed by atoms with Crippen molar-refractivity contribution in [3.8, 4) is 11.5 Å². The minimum Gasteiger partial charge on any atom is -0.490 e. The lowest BCUT2D eigenvalue weighted by atomic mass is 10.1. The number of rotatable bonds is 2. The lowest BCUT2D eigenvalue weighted by Crippen LogP contribution is -2.03. The summed E-state index contributed by atoms with van der Waals surface area (Å²) in [6.45, 7) is 0. The van der Waals surface area contributed by atoms with E-state index in [9.17, 15) is 4.79 Å². The molecule has 0 atom stereocenters. The lowest BCUT2D eigenvalue weighted by Gasteiger charge is -2.06. The number of methoxy groups -OCH3 is 2. The average molecular weight is 246 g/mol. The van der Waals surface area contributed by atoms with Crippen molar-refractivity contribution >= 4 is 21.9 Å². The van der Waals surface area contributed by atoms with Gasteiger partial charge in [-0.15, -0.1) is 0 Å². The quantitative estimate of drug-likeness (QED) is 0.650. The van der Waals surface area contributed by atoms with Gasteiger partial charge >= 0.3 is 5.63 Å². The van der Waals surface area contributed by atoms with E-state index in [0.29, 0.717) is 16.9 Å². The molecule has 0 N–H and O–H groups in total. The van der Waals surface area contributed by atoms with Crippen LogP contribution in [0.5, 0.6) is 11.5 Å². The van der Waals surface area contributed by atoms with Gasteiger partial charge in [0.05, 0.1) is 20.5 Å². The van der Waals surface area contributed by atoms with Crippen molar-refractivity contribution in [2.75, 3.05) is 14.2 Å². The Labute approximate surface area is 102 Å². The summed E-state index contributed by atoms with van der Waals surface area (Å²) in [5.74, 6) is 0.569. The number of hydrogen-bond donors (Lipinski definition) is 0. The molecule has 0 fully saturated rings. The molecule has 2 aromatic heterocycles. The third-order valence-electron chi connectivity index (χ3n) is 2.79. The number of ether oxygens (including phenoxy) is 2. The SMILES string of the molecule is COc1cc2cc3ccoc3c(OC)c2oc1=O. The molecule has 0 radical (unpaired) electrons. The summed E-state index contributed by atoms with van der Waals surface area (Å²) in [4.78, 5) is 11.6. The van der Waals surface area contributed by atoms with Gasteiger partial charge in [0.25, 0.3) is 0 Å². The Morgan fingerprint density at radius 3 is 2.61 bits per heavy atom. The van der Waals surface area contributed by atoms with Gasteiger partial charge in [0.15, 0.2) is 11.2 Å². The molecule has 18 heavy (non-hydrogen) atoms. The van der Waals surface area contributed by atoms with Gasteiger partial charge in [-0.05, 0) is 18.2 Å². The zero-order valence-corrected chi connectivity index (χ0v) is 9.85. The van der Waals surface area contributed by atoms with Crippen LogP contribution in [0, 0.1) is 0 Å². The Hall–Kier alpha value is -2.43. The molecule has 2 heterocycles. The molecule has 0 amide bonds. The van der Waals surface area contributed by atoms with Crippen molar-refractivity contribution in [2.45, 2.75) is 0 Å². The molecule has 5 nitrogen and oxygen atoms in total. The Kier molecular flexibility index (Phi) is 2.26. The van der Waals surface area contributed by atoms with Crippen LogP contribution in [-0.4, -0.2) is 14.2 Å². The molecule has 3 aromatic rings. The van der Waals surface area contributed by atoms with Gasteiger partial charge in [-0.3, -0.25) is 0 Å². The van der Waals surface area contributed by atoms with Gasteiger partial charge < -0.3 is 18.3 Å². The second-order valence-electron chi connectivity index (χ2n) is 3.77. The number of hydrogen-bond acceptors (Lipinski definition) is 5. The van der Waals surface area contributed by atoms with Crippen LogP contribution in [0.15, 0.2) is 38.1 Å². The third-order valence-corrected chi connectivity index (χ3v) is 2.79. The topological polar surface area (TPSA) is 61.8 Å². The monoisotopic (exact) mass is 246 g/mol. The Morgan fingerprint density at radius 1 is 1.06 bits per heavy atom. The molecule has 0 saturated carbocycles. The van der Waals surface area contributed by atoms with Gasteiger partial charge in [0, 0.05) is 10.8 Å². The molecule has 0 aliphatic rings. The van der Waals surface area contributed by atoms with Crippen molar-refractivity contribution in [3.63, 3.8) is 0 Å². The first-order valence-electron chi connectivity index (χ1n) is 5.30. The van der Waals surface area contributed by atoms with E-state index in [1.807, 2.05) is 12.1 Å². The normalized spacial score (nSPS) is 11.0. The summed E-state index contributed by atoms with van der Waals surface area (Å²) in [6, 6.07) is 5.28. The largest absolute Gasteiger partial charge is 0.490 e. The van der Waals surface area contributed by atoms with E-state index >= 15 is 0 Å². The summed E-state index contributed by atoms with van der Waals surface area (Å²) in [5, 5.41) is 1.59. The van der Waals surface area contributed by atoms with E-state index in [1.54, 1.807) is 12.3 Å². The highest BCUT2D eigenvalue weighted by Gasteiger charge is 2.15. The second-order valence-corrected chi connectivity index (χ2v) is 3.77. The molecule has 1 aromatic carbocycles. The summed E-state index contributed by atoms with van der Waals surface area (Å²) < 4.78 is 20.8. The Bertz CT molecular complexity index is 781. The molecule has 0 bridgehead atoms. The van der Waals surface area contributed by atoms with Crippen molar-refractivity contribution in [1.29, 1.82) is 0 Å². The zero-order valence-electron chi connectivity index (χ0n) is 9.85. The highest BCUT2D eigenvalue weighted by molar-refractivity contribution is 6.00. The maximum atomic E-state index is 11.6. The molecular formula is C13H10O5. The first-order chi connectivity index (χ1) is 8.74. The van der Waals surface area contributed by atoms with Crippen LogP contribution < -0.4 is 15.1 Å². The summed E-state index contributed by atoms with van der Waals surface area (Å²) >= 11 is 0. The number of furan rings is 1. The van der Waals surface area contributed by atoms with E-state index in [4.69, 9.17) is 18.3 Å². The minimum atomic E-state index is -0.547. The summed E-state index contributed by atoms with van der Waals surface area (Å²) in [5.41, 5.74) is 0.360. The molecule has 0 saturated heterocycles. The molecule has 0 unspecified atom stereocenters.